The number of carboxylic acid groups (broad SMARTS) is 1. The van der Waals surface area contributed by atoms with Gasteiger partial charge in [-0.2, -0.15) is 0 Å². The van der Waals surface area contributed by atoms with Gasteiger partial charge in [-0.15, -0.1) is 0 Å². The molecule has 0 saturated carbocycles. The second kappa shape index (κ2) is 5.51. The predicted octanol–water partition coefficient (Wildman–Crippen LogP) is 3.33. The molecule has 7 heteroatoms. The molecule has 2 unspecified atom stereocenters. The first-order valence-electron chi connectivity index (χ1n) is 7.35. The number of imidazole rings is 1. The molecule has 2 N–H and O–H groups in total. The van der Waals surface area contributed by atoms with E-state index >= 15 is 0 Å². The number of aliphatic carboxylic acids is 1. The zero-order chi connectivity index (χ0) is 16.9. The number of carboxylic acids is 1. The van der Waals surface area contributed by atoms with Crippen molar-refractivity contribution in [3.63, 3.8) is 0 Å². The lowest BCUT2D eigenvalue weighted by Gasteiger charge is -2.31. The first kappa shape index (κ1) is 15.5. The maximum atomic E-state index is 11.6. The number of carbonyl (C=O) groups is 1. The number of aliphatic hydroxyl groups is 1. The third-order valence-electron chi connectivity index (χ3n) is 4.20. The second-order valence-corrected chi connectivity index (χ2v) is 7.26. The first-order chi connectivity index (χ1) is 11.5. The largest absolute Gasteiger partial charge is 0.481 e. The Bertz CT molecular complexity index is 941. The molecule has 0 saturated heterocycles. The fraction of sp³-hybridized carbons (Fsp3) is 0.176. The van der Waals surface area contributed by atoms with Crippen molar-refractivity contribution in [2.45, 2.75) is 22.6 Å². The van der Waals surface area contributed by atoms with Crippen molar-refractivity contribution in [1.82, 2.24) is 9.55 Å². The number of halogens is 1. The highest BCUT2D eigenvalue weighted by atomic mass is 35.5. The molecule has 2 atom stereocenters. The summed E-state index contributed by atoms with van der Waals surface area (Å²) in [5.41, 5.74) is 0.623. The smallest absolute Gasteiger partial charge is 0.304 e. The minimum atomic E-state index is -1.50. The quantitative estimate of drug-likeness (QED) is 0.749. The molecule has 122 valence electrons. The molecule has 3 aromatic rings. The minimum absolute atomic E-state index is 0.179. The van der Waals surface area contributed by atoms with Gasteiger partial charge in [-0.25, -0.2) is 4.98 Å². The monoisotopic (exact) mass is 360 g/mol. The van der Waals surface area contributed by atoms with Crippen LogP contribution in [-0.2, 0) is 10.5 Å². The highest BCUT2D eigenvalue weighted by molar-refractivity contribution is 8.00. The molecule has 1 aliphatic rings. The topological polar surface area (TPSA) is 75.3 Å². The van der Waals surface area contributed by atoms with Crippen LogP contribution in [0.15, 0.2) is 53.7 Å². The number of benzene rings is 2. The molecule has 0 fully saturated rings. The Kier molecular flexibility index (Phi) is 3.56. The van der Waals surface area contributed by atoms with E-state index in [1.165, 1.54) is 11.8 Å². The number of hydrogen-bond donors (Lipinski definition) is 2. The highest BCUT2D eigenvalue weighted by Crippen LogP contribution is 2.49. The number of hydrogen-bond acceptors (Lipinski definition) is 4. The van der Waals surface area contributed by atoms with Crippen LogP contribution >= 0.6 is 23.4 Å². The SMILES string of the molecule is O=C(O)CC1Sc2nc3ccccc3n2C1(O)c1ccc(Cl)cc1. The van der Waals surface area contributed by atoms with Gasteiger partial charge in [0.25, 0.3) is 0 Å². The van der Waals surface area contributed by atoms with Crippen molar-refractivity contribution in [1.29, 1.82) is 0 Å². The standard InChI is InChI=1S/C17H13ClN2O3S/c18-11-7-5-10(6-8-11)17(23)14(9-15(21)22)24-16-19-12-3-1-2-4-13(12)20(16)17/h1-8,14,23H,9H2,(H,21,22). The van der Waals surface area contributed by atoms with Crippen LogP contribution in [0.4, 0.5) is 0 Å². The molecule has 1 aliphatic heterocycles. The Morgan fingerprint density at radius 3 is 2.67 bits per heavy atom. The molecule has 0 radical (unpaired) electrons. The molecule has 2 aromatic carbocycles. The lowest BCUT2D eigenvalue weighted by atomic mass is 9.96. The van der Waals surface area contributed by atoms with E-state index < -0.39 is 16.9 Å². The molecule has 4 rings (SSSR count). The summed E-state index contributed by atoms with van der Waals surface area (Å²) < 4.78 is 1.73. The van der Waals surface area contributed by atoms with Crippen molar-refractivity contribution < 1.29 is 15.0 Å². The maximum Gasteiger partial charge on any atom is 0.304 e. The summed E-state index contributed by atoms with van der Waals surface area (Å²) in [5.74, 6) is -0.963. The van der Waals surface area contributed by atoms with E-state index in [1.807, 2.05) is 24.3 Å². The van der Waals surface area contributed by atoms with E-state index in [1.54, 1.807) is 28.8 Å². The van der Waals surface area contributed by atoms with Crippen molar-refractivity contribution in [2.75, 3.05) is 0 Å². The van der Waals surface area contributed by atoms with Gasteiger partial charge in [-0.05, 0) is 24.3 Å². The van der Waals surface area contributed by atoms with Crippen molar-refractivity contribution in [3.05, 3.63) is 59.1 Å². The molecule has 1 aromatic heterocycles. The van der Waals surface area contributed by atoms with Crippen LogP contribution in [0.5, 0.6) is 0 Å². The van der Waals surface area contributed by atoms with E-state index in [-0.39, 0.29) is 6.42 Å². The summed E-state index contributed by atoms with van der Waals surface area (Å²) in [6.45, 7) is 0. The van der Waals surface area contributed by atoms with E-state index in [0.29, 0.717) is 15.7 Å². The molecule has 2 heterocycles. The fourth-order valence-electron chi connectivity index (χ4n) is 3.12. The molecule has 0 aliphatic carbocycles. The number of para-hydroxylation sites is 2. The van der Waals surface area contributed by atoms with Crippen molar-refractivity contribution >= 4 is 40.4 Å². The Morgan fingerprint density at radius 2 is 1.96 bits per heavy atom. The Hall–Kier alpha value is -2.02. The third-order valence-corrected chi connectivity index (χ3v) is 5.71. The van der Waals surface area contributed by atoms with Gasteiger partial charge >= 0.3 is 5.97 Å². The Labute approximate surface area is 146 Å². The minimum Gasteiger partial charge on any atom is -0.481 e. The number of fused-ring (bicyclic) bond motifs is 3. The average molecular weight is 361 g/mol. The molecular weight excluding hydrogens is 348 g/mol. The van der Waals surface area contributed by atoms with Crippen molar-refractivity contribution in [3.8, 4) is 0 Å². The zero-order valence-electron chi connectivity index (χ0n) is 12.4. The third kappa shape index (κ3) is 2.22. The molecular formula is C17H13ClN2O3S. The molecule has 0 bridgehead atoms. The lowest BCUT2D eigenvalue weighted by molar-refractivity contribution is -0.138. The fourth-order valence-corrected chi connectivity index (χ4v) is 4.62. The summed E-state index contributed by atoms with van der Waals surface area (Å²) in [4.78, 5) is 15.8. The van der Waals surface area contributed by atoms with Gasteiger partial charge in [0.15, 0.2) is 10.9 Å². The zero-order valence-corrected chi connectivity index (χ0v) is 14.0. The van der Waals surface area contributed by atoms with E-state index in [4.69, 9.17) is 11.6 Å². The molecule has 24 heavy (non-hydrogen) atoms. The second-order valence-electron chi connectivity index (χ2n) is 5.66. The van der Waals surface area contributed by atoms with Crippen LogP contribution in [0.2, 0.25) is 5.02 Å². The number of rotatable bonds is 3. The number of thioether (sulfide) groups is 1. The summed E-state index contributed by atoms with van der Waals surface area (Å²) in [5, 5.41) is 21.4. The van der Waals surface area contributed by atoms with Gasteiger partial charge < -0.3 is 10.2 Å². The van der Waals surface area contributed by atoms with E-state index in [2.05, 4.69) is 4.98 Å². The molecule has 0 spiro atoms. The highest BCUT2D eigenvalue weighted by Gasteiger charge is 2.50. The van der Waals surface area contributed by atoms with E-state index in [0.717, 1.165) is 11.0 Å². The molecule has 0 amide bonds. The summed E-state index contributed by atoms with van der Waals surface area (Å²) in [6, 6.07) is 14.3. The average Bonchev–Trinajstić information content (AvgIpc) is 3.03. The molecule has 5 nitrogen and oxygen atoms in total. The number of aromatic nitrogens is 2. The summed E-state index contributed by atoms with van der Waals surface area (Å²) >= 11 is 7.24. The van der Waals surface area contributed by atoms with Gasteiger partial charge in [0.1, 0.15) is 0 Å². The van der Waals surface area contributed by atoms with Gasteiger partial charge in [0, 0.05) is 10.6 Å². The van der Waals surface area contributed by atoms with Gasteiger partial charge in [-0.1, -0.05) is 47.6 Å². The first-order valence-corrected chi connectivity index (χ1v) is 8.60. The van der Waals surface area contributed by atoms with Gasteiger partial charge in [0.05, 0.1) is 22.7 Å². The van der Waals surface area contributed by atoms with Crippen LogP contribution in [-0.4, -0.2) is 31.0 Å². The lowest BCUT2D eigenvalue weighted by Crippen LogP contribution is -2.41. The summed E-state index contributed by atoms with van der Waals surface area (Å²) in [6.07, 6.45) is -0.179. The predicted molar refractivity (Wildman–Crippen MR) is 92.4 cm³/mol. The van der Waals surface area contributed by atoms with Gasteiger partial charge in [-0.3, -0.25) is 9.36 Å². The van der Waals surface area contributed by atoms with Crippen LogP contribution in [0.1, 0.15) is 12.0 Å². The Balaban J connectivity index is 1.96. The van der Waals surface area contributed by atoms with Gasteiger partial charge in [0.2, 0.25) is 0 Å². The number of nitrogens with zero attached hydrogens (tertiary/aromatic N) is 2. The summed E-state index contributed by atoms with van der Waals surface area (Å²) in [7, 11) is 0. The van der Waals surface area contributed by atoms with E-state index in [9.17, 15) is 15.0 Å². The van der Waals surface area contributed by atoms with Crippen LogP contribution in [0, 0.1) is 0 Å². The van der Waals surface area contributed by atoms with Crippen LogP contribution in [0.25, 0.3) is 11.0 Å². The normalized spacial score (nSPS) is 22.7. The maximum absolute atomic E-state index is 11.6. The van der Waals surface area contributed by atoms with Crippen molar-refractivity contribution in [2.24, 2.45) is 0 Å². The van der Waals surface area contributed by atoms with Crippen LogP contribution in [0.3, 0.4) is 0 Å². The Morgan fingerprint density at radius 1 is 1.25 bits per heavy atom. The van der Waals surface area contributed by atoms with Crippen LogP contribution < -0.4 is 0 Å².